The fourth-order valence-corrected chi connectivity index (χ4v) is 3.87. The minimum absolute atomic E-state index is 0.0172. The molecule has 0 saturated heterocycles. The molecule has 0 fully saturated rings. The number of benzene rings is 2. The lowest BCUT2D eigenvalue weighted by molar-refractivity contribution is 0.102. The summed E-state index contributed by atoms with van der Waals surface area (Å²) in [5, 5.41) is 17.5. The topological polar surface area (TPSA) is 87.4 Å². The third kappa shape index (κ3) is 4.08. The van der Waals surface area contributed by atoms with Crippen LogP contribution in [0.3, 0.4) is 0 Å². The van der Waals surface area contributed by atoms with E-state index in [9.17, 15) is 4.79 Å². The quantitative estimate of drug-likeness (QED) is 0.360. The van der Waals surface area contributed by atoms with Gasteiger partial charge < -0.3 is 4.57 Å². The number of carbonyl (C=O) groups excluding carboxylic acids is 1. The number of aryl methyl sites for hydroxylation is 2. The van der Waals surface area contributed by atoms with Gasteiger partial charge in [0.2, 0.25) is 5.16 Å². The molecule has 0 saturated carbocycles. The van der Waals surface area contributed by atoms with Crippen LogP contribution in [-0.4, -0.2) is 31.3 Å². The van der Waals surface area contributed by atoms with Gasteiger partial charge in [-0.2, -0.15) is 5.26 Å². The number of aromatic nitrogens is 4. The highest BCUT2D eigenvalue weighted by Gasteiger charge is 2.16. The molecule has 7 heteroatoms. The average molecular weight is 401 g/mol. The van der Waals surface area contributed by atoms with Crippen LogP contribution in [0.4, 0.5) is 0 Å². The van der Waals surface area contributed by atoms with Crippen LogP contribution < -0.4 is 0 Å². The maximum absolute atomic E-state index is 12.9. The van der Waals surface area contributed by atoms with Crippen molar-refractivity contribution >= 4 is 28.4 Å². The molecule has 29 heavy (non-hydrogen) atoms. The van der Waals surface area contributed by atoms with Crippen molar-refractivity contribution < 1.29 is 4.79 Å². The number of fused-ring (bicyclic) bond motifs is 1. The first kappa shape index (κ1) is 19.0. The van der Waals surface area contributed by atoms with E-state index in [-0.39, 0.29) is 11.5 Å². The summed E-state index contributed by atoms with van der Waals surface area (Å²) in [6.07, 6.45) is 2.25. The summed E-state index contributed by atoms with van der Waals surface area (Å²) in [5.41, 5.74) is 3.78. The van der Waals surface area contributed by atoms with Crippen LogP contribution in [0.1, 0.15) is 22.3 Å². The van der Waals surface area contributed by atoms with Crippen LogP contribution in [0.2, 0.25) is 0 Å². The highest BCUT2D eigenvalue weighted by Crippen LogP contribution is 2.25. The van der Waals surface area contributed by atoms with Crippen molar-refractivity contribution in [1.29, 1.82) is 5.26 Å². The van der Waals surface area contributed by atoms with Gasteiger partial charge in [0.1, 0.15) is 0 Å². The van der Waals surface area contributed by atoms with Crippen molar-refractivity contribution in [3.63, 3.8) is 0 Å². The summed E-state index contributed by atoms with van der Waals surface area (Å²) in [6.45, 7) is 2.60. The number of hydrogen-bond acceptors (Lipinski definition) is 5. The van der Waals surface area contributed by atoms with Gasteiger partial charge in [-0.15, -0.1) is 5.10 Å². The lowest BCUT2D eigenvalue weighted by atomic mass is 10.1. The second-order valence-corrected chi connectivity index (χ2v) is 7.65. The number of nitriles is 1. The maximum Gasteiger partial charge on any atom is 0.209 e. The highest BCUT2D eigenvalue weighted by molar-refractivity contribution is 7.99. The molecule has 0 spiro atoms. The van der Waals surface area contributed by atoms with Crippen molar-refractivity contribution in [3.05, 3.63) is 65.9 Å². The van der Waals surface area contributed by atoms with E-state index < -0.39 is 0 Å². The second-order valence-electron chi connectivity index (χ2n) is 6.71. The molecule has 1 N–H and O–H groups in total. The largest absolute Gasteiger partial charge is 0.346 e. The van der Waals surface area contributed by atoms with E-state index in [4.69, 9.17) is 5.26 Å². The number of carbonyl (C=O) groups is 1. The number of rotatable bonds is 7. The molecule has 0 radical (unpaired) electrons. The molecule has 4 rings (SSSR count). The van der Waals surface area contributed by atoms with Crippen molar-refractivity contribution in [1.82, 2.24) is 19.7 Å². The standard InChI is InChI=1S/C22H19N5OS/c1-15-7-9-16(10-8-15)21-24-22(26-25-21)29-14-20(28)18-13-27(12-4-11-23)19-6-3-2-5-17(18)19/h2-3,5-10,13H,4,12,14H2,1H3,(H,24,25,26). The number of para-hydroxylation sites is 1. The van der Waals surface area contributed by atoms with Gasteiger partial charge in [0.05, 0.1) is 18.2 Å². The Morgan fingerprint density at radius 2 is 2.00 bits per heavy atom. The molecule has 0 bridgehead atoms. The molecule has 0 aliphatic carbocycles. The van der Waals surface area contributed by atoms with E-state index in [1.807, 2.05) is 66.2 Å². The summed E-state index contributed by atoms with van der Waals surface area (Å²) < 4.78 is 1.97. The Labute approximate surface area is 172 Å². The van der Waals surface area contributed by atoms with Crippen molar-refractivity contribution in [2.45, 2.75) is 25.0 Å². The number of nitrogens with zero attached hydrogens (tertiary/aromatic N) is 4. The van der Waals surface area contributed by atoms with Gasteiger partial charge in [-0.3, -0.25) is 9.89 Å². The molecule has 0 aliphatic heterocycles. The first-order chi connectivity index (χ1) is 14.2. The molecule has 6 nitrogen and oxygen atoms in total. The molecular formula is C22H19N5OS. The molecular weight excluding hydrogens is 382 g/mol. The zero-order valence-electron chi connectivity index (χ0n) is 15.9. The average Bonchev–Trinajstić information content (AvgIpc) is 3.36. The Bertz CT molecular complexity index is 1200. The van der Waals surface area contributed by atoms with Crippen LogP contribution in [0.25, 0.3) is 22.3 Å². The predicted octanol–water partition coefficient (Wildman–Crippen LogP) is 4.62. The van der Waals surface area contributed by atoms with Crippen molar-refractivity contribution in [2.75, 3.05) is 5.75 Å². The first-order valence-electron chi connectivity index (χ1n) is 9.26. The lowest BCUT2D eigenvalue weighted by Gasteiger charge is -2.00. The van der Waals surface area contributed by atoms with Crippen molar-refractivity contribution in [3.8, 4) is 17.5 Å². The number of nitrogens with one attached hydrogen (secondary N) is 1. The number of ketones is 1. The normalized spacial score (nSPS) is 10.9. The van der Waals surface area contributed by atoms with Gasteiger partial charge in [-0.25, -0.2) is 4.98 Å². The summed E-state index contributed by atoms with van der Waals surface area (Å²) in [6, 6.07) is 18.0. The van der Waals surface area contributed by atoms with Crippen LogP contribution in [0.5, 0.6) is 0 Å². The van der Waals surface area contributed by atoms with Crippen molar-refractivity contribution in [2.24, 2.45) is 0 Å². The number of Topliss-reactive ketones (excluding diaryl/α,β-unsaturated/α-hetero) is 1. The third-order valence-electron chi connectivity index (χ3n) is 4.68. The zero-order valence-corrected chi connectivity index (χ0v) is 16.7. The molecule has 0 amide bonds. The van der Waals surface area contributed by atoms with E-state index in [1.165, 1.54) is 17.3 Å². The molecule has 2 aromatic carbocycles. The van der Waals surface area contributed by atoms with Crippen LogP contribution in [0, 0.1) is 18.3 Å². The summed E-state index contributed by atoms with van der Waals surface area (Å²) in [4.78, 5) is 17.4. The van der Waals surface area contributed by atoms with E-state index in [1.54, 1.807) is 0 Å². The summed E-state index contributed by atoms with van der Waals surface area (Å²) in [5.74, 6) is 0.953. The van der Waals surface area contributed by atoms with E-state index in [2.05, 4.69) is 21.3 Å². The number of thioether (sulfide) groups is 1. The fourth-order valence-electron chi connectivity index (χ4n) is 3.18. The van der Waals surface area contributed by atoms with Gasteiger partial charge in [0.15, 0.2) is 11.6 Å². The molecule has 0 unspecified atom stereocenters. The lowest BCUT2D eigenvalue weighted by Crippen LogP contribution is -2.02. The summed E-state index contributed by atoms with van der Waals surface area (Å²) in [7, 11) is 0. The fraction of sp³-hybridized carbons (Fsp3) is 0.182. The van der Waals surface area contributed by atoms with Crippen LogP contribution in [0.15, 0.2) is 59.9 Å². The Morgan fingerprint density at radius 1 is 1.21 bits per heavy atom. The first-order valence-corrected chi connectivity index (χ1v) is 10.2. The van der Waals surface area contributed by atoms with Gasteiger partial charge in [0, 0.05) is 34.8 Å². The van der Waals surface area contributed by atoms with Gasteiger partial charge in [0.25, 0.3) is 0 Å². The Kier molecular flexibility index (Phi) is 5.45. The molecule has 4 aromatic rings. The van der Waals surface area contributed by atoms with E-state index >= 15 is 0 Å². The van der Waals surface area contributed by atoms with Gasteiger partial charge >= 0.3 is 0 Å². The summed E-state index contributed by atoms with van der Waals surface area (Å²) >= 11 is 1.31. The molecule has 144 valence electrons. The number of aromatic amines is 1. The molecule has 2 heterocycles. The predicted molar refractivity (Wildman–Crippen MR) is 114 cm³/mol. The van der Waals surface area contributed by atoms with E-state index in [0.717, 1.165) is 16.5 Å². The smallest absolute Gasteiger partial charge is 0.209 e. The second kappa shape index (κ2) is 8.33. The number of H-pyrrole nitrogens is 1. The SMILES string of the molecule is Cc1ccc(-c2nc(SCC(=O)c3cn(CCC#N)c4ccccc34)n[nH]2)cc1. The Balaban J connectivity index is 1.49. The van der Waals surface area contributed by atoms with Crippen LogP contribution >= 0.6 is 11.8 Å². The molecule has 0 atom stereocenters. The zero-order chi connectivity index (χ0) is 20.2. The minimum atomic E-state index is 0.0172. The molecule has 2 aromatic heterocycles. The maximum atomic E-state index is 12.9. The highest BCUT2D eigenvalue weighted by atomic mass is 32.2. The third-order valence-corrected chi connectivity index (χ3v) is 5.52. The monoisotopic (exact) mass is 401 g/mol. The van der Waals surface area contributed by atoms with Crippen LogP contribution in [-0.2, 0) is 6.54 Å². The van der Waals surface area contributed by atoms with Gasteiger partial charge in [-0.05, 0) is 13.0 Å². The number of hydrogen-bond donors (Lipinski definition) is 1. The Morgan fingerprint density at radius 3 is 2.79 bits per heavy atom. The molecule has 0 aliphatic rings. The minimum Gasteiger partial charge on any atom is -0.346 e. The van der Waals surface area contributed by atoms with Gasteiger partial charge in [-0.1, -0.05) is 59.8 Å². The Hall–Kier alpha value is -3.37. The van der Waals surface area contributed by atoms with E-state index in [0.29, 0.717) is 29.5 Å².